The van der Waals surface area contributed by atoms with Crippen LogP contribution in [0.1, 0.15) is 23.6 Å². The van der Waals surface area contributed by atoms with E-state index in [-0.39, 0.29) is 6.54 Å². The van der Waals surface area contributed by atoms with Crippen LogP contribution in [-0.4, -0.2) is 36.4 Å². The Morgan fingerprint density at radius 3 is 2.50 bits per heavy atom. The van der Waals surface area contributed by atoms with E-state index in [0.717, 1.165) is 32.5 Å². The van der Waals surface area contributed by atoms with Gasteiger partial charge in [0.05, 0.1) is 7.11 Å². The summed E-state index contributed by atoms with van der Waals surface area (Å²) >= 11 is 0. The SMILES string of the molecule is COc1ccc2cc([C@]3(C)NC(=O)N(CC(=O)Nc4cc(C)ccc4C)C3=O)ccc2c1. The number of hydrogen-bond acceptors (Lipinski definition) is 4. The van der Waals surface area contributed by atoms with Crippen LogP contribution in [0.2, 0.25) is 0 Å². The number of nitrogens with one attached hydrogen (secondary N) is 2. The molecule has 3 aromatic carbocycles. The number of imide groups is 1. The molecule has 0 bridgehead atoms. The van der Waals surface area contributed by atoms with E-state index in [2.05, 4.69) is 10.6 Å². The maximum atomic E-state index is 13.2. The molecule has 1 aliphatic rings. The molecule has 1 atom stereocenters. The van der Waals surface area contributed by atoms with E-state index < -0.39 is 23.4 Å². The van der Waals surface area contributed by atoms with Crippen molar-refractivity contribution in [2.45, 2.75) is 26.3 Å². The van der Waals surface area contributed by atoms with E-state index in [9.17, 15) is 14.4 Å². The van der Waals surface area contributed by atoms with E-state index in [1.807, 2.05) is 62.4 Å². The first-order valence-corrected chi connectivity index (χ1v) is 10.3. The first kappa shape index (κ1) is 21.4. The molecular formula is C25H25N3O4. The molecule has 0 aromatic heterocycles. The van der Waals surface area contributed by atoms with Crippen LogP contribution >= 0.6 is 0 Å². The number of aryl methyl sites for hydroxylation is 2. The van der Waals surface area contributed by atoms with Crippen molar-refractivity contribution in [2.75, 3.05) is 19.0 Å². The minimum absolute atomic E-state index is 0.363. The van der Waals surface area contributed by atoms with Gasteiger partial charge in [-0.05, 0) is 72.5 Å². The van der Waals surface area contributed by atoms with Crippen molar-refractivity contribution in [2.24, 2.45) is 0 Å². The lowest BCUT2D eigenvalue weighted by Crippen LogP contribution is -2.42. The Hall–Kier alpha value is -3.87. The Kier molecular flexibility index (Phi) is 5.34. The molecule has 1 heterocycles. The van der Waals surface area contributed by atoms with Crippen molar-refractivity contribution in [1.29, 1.82) is 0 Å². The molecular weight excluding hydrogens is 406 g/mol. The smallest absolute Gasteiger partial charge is 0.325 e. The second-order valence-electron chi connectivity index (χ2n) is 8.24. The van der Waals surface area contributed by atoms with Gasteiger partial charge in [-0.25, -0.2) is 4.79 Å². The number of methoxy groups -OCH3 is 1. The lowest BCUT2D eigenvalue weighted by molar-refractivity contribution is -0.133. The van der Waals surface area contributed by atoms with Crippen LogP contribution in [0, 0.1) is 13.8 Å². The Labute approximate surface area is 186 Å². The molecule has 3 aromatic rings. The third-order valence-electron chi connectivity index (χ3n) is 5.87. The van der Waals surface area contributed by atoms with Gasteiger partial charge in [0.15, 0.2) is 0 Å². The first-order valence-electron chi connectivity index (χ1n) is 10.3. The number of benzene rings is 3. The van der Waals surface area contributed by atoms with Crippen molar-refractivity contribution >= 4 is 34.3 Å². The second-order valence-corrected chi connectivity index (χ2v) is 8.24. The van der Waals surface area contributed by atoms with Crippen LogP contribution in [0.3, 0.4) is 0 Å². The van der Waals surface area contributed by atoms with Crippen LogP contribution in [0.4, 0.5) is 10.5 Å². The van der Waals surface area contributed by atoms with Gasteiger partial charge in [-0.2, -0.15) is 0 Å². The highest BCUT2D eigenvalue weighted by atomic mass is 16.5. The van der Waals surface area contributed by atoms with Crippen molar-refractivity contribution < 1.29 is 19.1 Å². The molecule has 32 heavy (non-hydrogen) atoms. The topological polar surface area (TPSA) is 87.7 Å². The average Bonchev–Trinajstić information content (AvgIpc) is 2.99. The van der Waals surface area contributed by atoms with Gasteiger partial charge in [0.25, 0.3) is 5.91 Å². The van der Waals surface area contributed by atoms with Crippen LogP contribution in [-0.2, 0) is 15.1 Å². The molecule has 2 N–H and O–H groups in total. The van der Waals surface area contributed by atoms with E-state index in [1.54, 1.807) is 20.1 Å². The number of rotatable bonds is 5. The number of anilines is 1. The summed E-state index contributed by atoms with van der Waals surface area (Å²) in [4.78, 5) is 39.4. The van der Waals surface area contributed by atoms with Gasteiger partial charge in [0.2, 0.25) is 5.91 Å². The maximum Gasteiger partial charge on any atom is 0.325 e. The fourth-order valence-electron chi connectivity index (χ4n) is 3.90. The van der Waals surface area contributed by atoms with Crippen molar-refractivity contribution in [1.82, 2.24) is 10.2 Å². The molecule has 0 unspecified atom stereocenters. The van der Waals surface area contributed by atoms with Crippen LogP contribution in [0.5, 0.6) is 5.75 Å². The van der Waals surface area contributed by atoms with Crippen molar-refractivity contribution in [3.63, 3.8) is 0 Å². The summed E-state index contributed by atoms with van der Waals surface area (Å²) in [5.74, 6) is -0.161. The van der Waals surface area contributed by atoms with Gasteiger partial charge < -0.3 is 15.4 Å². The predicted octanol–water partition coefficient (Wildman–Crippen LogP) is 3.87. The summed E-state index contributed by atoms with van der Waals surface area (Å²) < 4.78 is 5.26. The summed E-state index contributed by atoms with van der Waals surface area (Å²) in [6.07, 6.45) is 0. The highest BCUT2D eigenvalue weighted by Gasteiger charge is 2.49. The Morgan fingerprint density at radius 2 is 1.75 bits per heavy atom. The summed E-state index contributed by atoms with van der Waals surface area (Å²) in [6.45, 7) is 5.10. The largest absolute Gasteiger partial charge is 0.497 e. The Morgan fingerprint density at radius 1 is 1.03 bits per heavy atom. The maximum absolute atomic E-state index is 13.2. The molecule has 1 saturated heterocycles. The fourth-order valence-corrected chi connectivity index (χ4v) is 3.90. The lowest BCUT2D eigenvalue weighted by atomic mass is 9.90. The first-order chi connectivity index (χ1) is 15.2. The minimum Gasteiger partial charge on any atom is -0.497 e. The highest BCUT2D eigenvalue weighted by Crippen LogP contribution is 2.32. The number of carbonyl (C=O) groups is 3. The third kappa shape index (κ3) is 3.77. The standard InChI is InChI=1S/C25H25N3O4/c1-15-5-6-16(2)21(11-15)26-22(29)14-28-23(30)25(3,27-24(28)31)19-9-7-18-13-20(32-4)10-8-17(18)12-19/h5-13H,14H2,1-4H3,(H,26,29)(H,27,31)/t25-/m0/s1. The molecule has 7 nitrogen and oxygen atoms in total. The number of urea groups is 1. The van der Waals surface area contributed by atoms with E-state index in [1.165, 1.54) is 0 Å². The molecule has 0 spiro atoms. The number of carbonyl (C=O) groups excluding carboxylic acids is 3. The second kappa shape index (κ2) is 8.00. The zero-order valence-corrected chi connectivity index (χ0v) is 18.5. The van der Waals surface area contributed by atoms with E-state index in [4.69, 9.17) is 4.74 Å². The molecule has 0 radical (unpaired) electrons. The van der Waals surface area contributed by atoms with Crippen molar-refractivity contribution in [3.05, 3.63) is 71.3 Å². The van der Waals surface area contributed by atoms with Crippen molar-refractivity contribution in [3.8, 4) is 5.75 Å². The van der Waals surface area contributed by atoms with E-state index >= 15 is 0 Å². The minimum atomic E-state index is -1.26. The van der Waals surface area contributed by atoms with Gasteiger partial charge in [-0.1, -0.05) is 30.3 Å². The number of amides is 4. The predicted molar refractivity (Wildman–Crippen MR) is 123 cm³/mol. The lowest BCUT2D eigenvalue weighted by Gasteiger charge is -2.23. The summed E-state index contributed by atoms with van der Waals surface area (Å²) in [5, 5.41) is 7.42. The van der Waals surface area contributed by atoms with Crippen LogP contribution in [0.25, 0.3) is 10.8 Å². The van der Waals surface area contributed by atoms with E-state index in [0.29, 0.717) is 11.3 Å². The van der Waals surface area contributed by atoms with Gasteiger partial charge in [-0.3, -0.25) is 14.5 Å². The zero-order chi connectivity index (χ0) is 23.0. The highest BCUT2D eigenvalue weighted by molar-refractivity contribution is 6.10. The van der Waals surface area contributed by atoms with Crippen LogP contribution in [0.15, 0.2) is 54.6 Å². The molecule has 4 amide bonds. The van der Waals surface area contributed by atoms with Gasteiger partial charge in [-0.15, -0.1) is 0 Å². The average molecular weight is 431 g/mol. The number of ether oxygens (including phenoxy) is 1. The van der Waals surface area contributed by atoms with Crippen LogP contribution < -0.4 is 15.4 Å². The molecule has 164 valence electrons. The zero-order valence-electron chi connectivity index (χ0n) is 18.5. The monoisotopic (exact) mass is 431 g/mol. The Balaban J connectivity index is 1.55. The summed E-state index contributed by atoms with van der Waals surface area (Å²) in [5.41, 5.74) is 1.95. The Bertz CT molecular complexity index is 1250. The molecule has 0 aliphatic carbocycles. The fraction of sp³-hybridized carbons (Fsp3) is 0.240. The molecule has 1 aliphatic heterocycles. The third-order valence-corrected chi connectivity index (χ3v) is 5.87. The van der Waals surface area contributed by atoms with Gasteiger partial charge in [0.1, 0.15) is 17.8 Å². The molecule has 4 rings (SSSR count). The van der Waals surface area contributed by atoms with Gasteiger partial charge in [0, 0.05) is 5.69 Å². The number of hydrogen-bond donors (Lipinski definition) is 2. The molecule has 1 fully saturated rings. The summed E-state index contributed by atoms with van der Waals surface area (Å²) in [7, 11) is 1.61. The molecule has 0 saturated carbocycles. The number of fused-ring (bicyclic) bond motifs is 1. The number of nitrogens with zero attached hydrogens (tertiary/aromatic N) is 1. The summed E-state index contributed by atoms with van der Waals surface area (Å²) in [6, 6.07) is 16.3. The quantitative estimate of drug-likeness (QED) is 0.601. The molecule has 7 heteroatoms. The normalized spacial score (nSPS) is 18.1. The van der Waals surface area contributed by atoms with Gasteiger partial charge >= 0.3 is 6.03 Å².